The molecule has 0 radical (unpaired) electrons. The van der Waals surface area contributed by atoms with Gasteiger partial charge in [-0.2, -0.15) is 5.26 Å². The predicted octanol–water partition coefficient (Wildman–Crippen LogP) is 3.55. The molecule has 0 fully saturated rings. The monoisotopic (exact) mass is 475 g/mol. The number of carbonyl (C=O) groups excluding carboxylic acids is 1. The van der Waals surface area contributed by atoms with Gasteiger partial charge in [0.15, 0.2) is 15.0 Å². The lowest BCUT2D eigenvalue weighted by atomic mass is 10.2. The van der Waals surface area contributed by atoms with Crippen molar-refractivity contribution in [2.45, 2.75) is 43.1 Å². The number of carbonyl (C=O) groups is 1. The molecule has 0 saturated heterocycles. The third-order valence-corrected chi connectivity index (χ3v) is 8.33. The van der Waals surface area contributed by atoms with Gasteiger partial charge in [0.2, 0.25) is 5.91 Å². The van der Waals surface area contributed by atoms with E-state index in [0.717, 1.165) is 10.4 Å². The van der Waals surface area contributed by atoms with Crippen molar-refractivity contribution in [3.05, 3.63) is 52.2 Å². The van der Waals surface area contributed by atoms with Gasteiger partial charge in [0, 0.05) is 11.4 Å². The maximum Gasteiger partial charge on any atom is 0.235 e. The average Bonchev–Trinajstić information content (AvgIpc) is 3.25. The second kappa shape index (κ2) is 9.64. The van der Waals surface area contributed by atoms with E-state index in [1.165, 1.54) is 23.1 Å². The van der Waals surface area contributed by atoms with E-state index < -0.39 is 9.84 Å². The van der Waals surface area contributed by atoms with E-state index in [1.807, 2.05) is 20.8 Å². The largest absolute Gasteiger partial charge is 0.316 e. The van der Waals surface area contributed by atoms with Gasteiger partial charge in [-0.3, -0.25) is 4.79 Å². The Hall–Kier alpha value is -2.68. The number of hydrogen-bond donors (Lipinski definition) is 1. The van der Waals surface area contributed by atoms with Crippen molar-refractivity contribution in [2.24, 2.45) is 0 Å². The molecule has 0 atom stereocenters. The summed E-state index contributed by atoms with van der Waals surface area (Å²) in [6.45, 7) is 6.09. The number of nitrogens with one attached hydrogen (secondary N) is 1. The summed E-state index contributed by atoms with van der Waals surface area (Å²) >= 11 is 2.54. The fraction of sp³-hybridized carbons (Fsp3) is 0.300. The van der Waals surface area contributed by atoms with Gasteiger partial charge in [0.25, 0.3) is 0 Å². The molecule has 0 aliphatic rings. The molecule has 3 rings (SSSR count). The number of anilines is 1. The van der Waals surface area contributed by atoms with E-state index in [-0.39, 0.29) is 22.3 Å². The standard InChI is InChI=1S/C20H21N5O3S3/c1-4-25-17(12-31(27,28)15-8-6-5-7-9-15)23-24-20(25)29-11-18(26)22-19-16(10-21)13(2)14(3)30-19/h5-9H,4,11-12H2,1-3H3,(H,22,26). The lowest BCUT2D eigenvalue weighted by Crippen LogP contribution is -2.15. The minimum Gasteiger partial charge on any atom is -0.316 e. The highest BCUT2D eigenvalue weighted by Gasteiger charge is 2.22. The number of nitriles is 1. The van der Waals surface area contributed by atoms with Crippen LogP contribution in [-0.2, 0) is 26.9 Å². The summed E-state index contributed by atoms with van der Waals surface area (Å²) in [5.74, 6) is -0.161. The number of amides is 1. The highest BCUT2D eigenvalue weighted by atomic mass is 32.2. The van der Waals surface area contributed by atoms with Crippen molar-refractivity contribution in [2.75, 3.05) is 11.1 Å². The number of rotatable bonds is 8. The molecule has 2 aromatic heterocycles. The van der Waals surface area contributed by atoms with E-state index in [4.69, 9.17) is 0 Å². The Labute approximate surface area is 189 Å². The molecular weight excluding hydrogens is 454 g/mol. The lowest BCUT2D eigenvalue weighted by Gasteiger charge is -2.08. The van der Waals surface area contributed by atoms with E-state index in [1.54, 1.807) is 34.9 Å². The van der Waals surface area contributed by atoms with Gasteiger partial charge in [0.05, 0.1) is 16.2 Å². The van der Waals surface area contributed by atoms with Gasteiger partial charge < -0.3 is 9.88 Å². The molecule has 0 aliphatic heterocycles. The number of hydrogen-bond acceptors (Lipinski definition) is 8. The van der Waals surface area contributed by atoms with Crippen LogP contribution in [0.25, 0.3) is 0 Å². The molecule has 1 N–H and O–H groups in total. The number of sulfone groups is 1. The summed E-state index contributed by atoms with van der Waals surface area (Å²) < 4.78 is 27.0. The Morgan fingerprint density at radius 3 is 2.61 bits per heavy atom. The molecule has 31 heavy (non-hydrogen) atoms. The van der Waals surface area contributed by atoms with Gasteiger partial charge in [-0.1, -0.05) is 30.0 Å². The molecule has 8 nitrogen and oxygen atoms in total. The summed E-state index contributed by atoms with van der Waals surface area (Å²) in [6, 6.07) is 10.3. The number of benzene rings is 1. The maximum absolute atomic E-state index is 12.7. The molecular formula is C20H21N5O3S3. The van der Waals surface area contributed by atoms with Crippen LogP contribution in [0.3, 0.4) is 0 Å². The Morgan fingerprint density at radius 2 is 1.97 bits per heavy atom. The highest BCUT2D eigenvalue weighted by Crippen LogP contribution is 2.32. The van der Waals surface area contributed by atoms with Gasteiger partial charge in [-0.15, -0.1) is 21.5 Å². The number of aryl methyl sites for hydroxylation is 1. The van der Waals surface area contributed by atoms with Crippen molar-refractivity contribution in [3.8, 4) is 6.07 Å². The normalized spacial score (nSPS) is 11.3. The van der Waals surface area contributed by atoms with Gasteiger partial charge in [-0.25, -0.2) is 8.42 Å². The quantitative estimate of drug-likeness (QED) is 0.495. The molecule has 0 aliphatic carbocycles. The Kier molecular flexibility index (Phi) is 7.15. The number of aromatic nitrogens is 3. The molecule has 2 heterocycles. The first-order chi connectivity index (χ1) is 14.8. The molecule has 0 spiro atoms. The Morgan fingerprint density at radius 1 is 1.26 bits per heavy atom. The van der Waals surface area contributed by atoms with Crippen LogP contribution in [-0.4, -0.2) is 34.8 Å². The summed E-state index contributed by atoms with van der Waals surface area (Å²) in [5.41, 5.74) is 1.34. The second-order valence-corrected chi connectivity index (χ2v) is 10.8. The first-order valence-corrected chi connectivity index (χ1v) is 12.8. The average molecular weight is 476 g/mol. The number of thioether (sulfide) groups is 1. The van der Waals surface area contributed by atoms with Crippen molar-refractivity contribution < 1.29 is 13.2 Å². The SMILES string of the molecule is CCn1c(CS(=O)(=O)c2ccccc2)nnc1SCC(=O)Nc1sc(C)c(C)c1C#N. The molecule has 1 aromatic carbocycles. The molecule has 0 unspecified atom stereocenters. The summed E-state index contributed by atoms with van der Waals surface area (Å²) in [7, 11) is -3.56. The molecule has 0 bridgehead atoms. The number of thiophene rings is 1. The third-order valence-electron chi connectivity index (χ3n) is 4.61. The van der Waals surface area contributed by atoms with Crippen LogP contribution < -0.4 is 5.32 Å². The van der Waals surface area contributed by atoms with Crippen molar-refractivity contribution in [1.82, 2.24) is 14.8 Å². The van der Waals surface area contributed by atoms with Gasteiger partial charge >= 0.3 is 0 Å². The van der Waals surface area contributed by atoms with E-state index in [2.05, 4.69) is 21.6 Å². The molecule has 3 aromatic rings. The molecule has 0 saturated carbocycles. The van der Waals surface area contributed by atoms with Crippen LogP contribution in [0.4, 0.5) is 5.00 Å². The summed E-state index contributed by atoms with van der Waals surface area (Å²) in [4.78, 5) is 13.6. The maximum atomic E-state index is 12.7. The highest BCUT2D eigenvalue weighted by molar-refractivity contribution is 7.99. The van der Waals surface area contributed by atoms with Gasteiger partial charge in [0.1, 0.15) is 22.6 Å². The van der Waals surface area contributed by atoms with Gasteiger partial charge in [-0.05, 0) is 38.5 Å². The Balaban J connectivity index is 1.70. The second-order valence-electron chi connectivity index (χ2n) is 6.65. The van der Waals surface area contributed by atoms with Crippen LogP contribution in [0.15, 0.2) is 40.4 Å². The van der Waals surface area contributed by atoms with Crippen molar-refractivity contribution >= 4 is 43.8 Å². The smallest absolute Gasteiger partial charge is 0.235 e. The third kappa shape index (κ3) is 5.15. The fourth-order valence-corrected chi connectivity index (χ4v) is 6.01. The van der Waals surface area contributed by atoms with E-state index in [0.29, 0.717) is 28.1 Å². The van der Waals surface area contributed by atoms with Crippen LogP contribution >= 0.6 is 23.1 Å². The molecule has 11 heteroatoms. The van der Waals surface area contributed by atoms with Crippen LogP contribution in [0.5, 0.6) is 0 Å². The van der Waals surface area contributed by atoms with E-state index >= 15 is 0 Å². The molecule has 162 valence electrons. The summed E-state index contributed by atoms with van der Waals surface area (Å²) in [5, 5.41) is 21.2. The van der Waals surface area contributed by atoms with Crippen molar-refractivity contribution in [1.29, 1.82) is 5.26 Å². The topological polar surface area (TPSA) is 118 Å². The zero-order valence-electron chi connectivity index (χ0n) is 17.2. The fourth-order valence-electron chi connectivity index (χ4n) is 2.87. The van der Waals surface area contributed by atoms with Crippen LogP contribution in [0.2, 0.25) is 0 Å². The predicted molar refractivity (Wildman–Crippen MR) is 121 cm³/mol. The zero-order valence-corrected chi connectivity index (χ0v) is 19.7. The van der Waals surface area contributed by atoms with E-state index in [9.17, 15) is 18.5 Å². The van der Waals surface area contributed by atoms with Crippen LogP contribution in [0, 0.1) is 25.2 Å². The first kappa shape index (κ1) is 23.0. The molecule has 1 amide bonds. The lowest BCUT2D eigenvalue weighted by molar-refractivity contribution is -0.113. The summed E-state index contributed by atoms with van der Waals surface area (Å²) in [6.07, 6.45) is 0. The Bertz CT molecular complexity index is 1240. The van der Waals surface area contributed by atoms with Crippen molar-refractivity contribution in [3.63, 3.8) is 0 Å². The zero-order chi connectivity index (χ0) is 22.6. The minimum absolute atomic E-state index is 0.0600. The van der Waals surface area contributed by atoms with Crippen LogP contribution in [0.1, 0.15) is 28.8 Å². The minimum atomic E-state index is -3.56. The number of nitrogens with zero attached hydrogens (tertiary/aromatic N) is 4. The first-order valence-electron chi connectivity index (χ1n) is 9.39.